The molecule has 1 aliphatic rings. The molecule has 0 amide bonds. The van der Waals surface area contributed by atoms with E-state index in [0.717, 1.165) is 5.56 Å². The normalized spacial score (nSPS) is 29.2. The molecule has 0 spiro atoms. The monoisotopic (exact) mass is 183 g/mol. The van der Waals surface area contributed by atoms with Crippen molar-refractivity contribution in [3.8, 4) is 0 Å². The van der Waals surface area contributed by atoms with Crippen LogP contribution in [0.1, 0.15) is 14.4 Å². The lowest BCUT2D eigenvalue weighted by Crippen LogP contribution is -2.33. The van der Waals surface area contributed by atoms with Gasteiger partial charge in [0.2, 0.25) is 0 Å². The number of nitrogens with one attached hydrogen (secondary N) is 1. The zero-order valence-corrected chi connectivity index (χ0v) is 7.09. The molecule has 1 aliphatic heterocycles. The van der Waals surface area contributed by atoms with Crippen LogP contribution < -0.4 is 5.32 Å². The van der Waals surface area contributed by atoms with Gasteiger partial charge in [0, 0.05) is 15.8 Å². The first-order chi connectivity index (χ1) is 7.07. The van der Waals surface area contributed by atoms with Gasteiger partial charge >= 0.3 is 0 Å². The molecule has 1 saturated heterocycles. The van der Waals surface area contributed by atoms with E-state index in [-0.39, 0.29) is 18.5 Å². The van der Waals surface area contributed by atoms with Gasteiger partial charge in [0.05, 0.1) is 12.7 Å². The number of benzene rings is 1. The minimum atomic E-state index is -1.46. The van der Waals surface area contributed by atoms with Gasteiger partial charge in [-0.1, -0.05) is 12.1 Å². The van der Waals surface area contributed by atoms with Gasteiger partial charge in [-0.3, -0.25) is 0 Å². The Morgan fingerprint density at radius 3 is 2.85 bits per heavy atom. The molecule has 0 bridgehead atoms. The zero-order valence-electron chi connectivity index (χ0n) is 9.09. The van der Waals surface area contributed by atoms with E-state index in [4.69, 9.17) is 7.48 Å². The third-order valence-electron chi connectivity index (χ3n) is 2.01. The zero-order chi connectivity index (χ0) is 10.9. The highest BCUT2D eigenvalue weighted by atomic mass is 19.1. The minimum absolute atomic E-state index is 0.00897. The van der Waals surface area contributed by atoms with E-state index in [2.05, 4.69) is 5.32 Å². The van der Waals surface area contributed by atoms with Gasteiger partial charge in [0.25, 0.3) is 0 Å². The molecular formula is C10H12FNO. The van der Waals surface area contributed by atoms with Gasteiger partial charge in [0.1, 0.15) is 5.82 Å². The topological polar surface area (TPSA) is 21.3 Å². The van der Waals surface area contributed by atoms with Crippen LogP contribution in [0, 0.1) is 5.82 Å². The molecule has 3 heteroatoms. The number of hydrogen-bond donors (Lipinski definition) is 1. The molecule has 1 atom stereocenters. The lowest BCUT2D eigenvalue weighted by molar-refractivity contribution is 0.0276. The largest absolute Gasteiger partial charge is 0.371 e. The molecular weight excluding hydrogens is 169 g/mol. The van der Waals surface area contributed by atoms with Crippen LogP contribution in [0.15, 0.2) is 24.3 Å². The molecule has 0 aromatic heterocycles. The van der Waals surface area contributed by atoms with Crippen LogP contribution in [-0.4, -0.2) is 19.6 Å². The summed E-state index contributed by atoms with van der Waals surface area (Å²) in [7, 11) is 0. The second-order valence-corrected chi connectivity index (χ2v) is 2.91. The van der Waals surface area contributed by atoms with Crippen LogP contribution in [0.4, 0.5) is 4.39 Å². The van der Waals surface area contributed by atoms with E-state index in [1.165, 1.54) is 12.1 Å². The summed E-state index contributed by atoms with van der Waals surface area (Å²) in [5.41, 5.74) is 0.861. The first-order valence-electron chi connectivity index (χ1n) is 5.19. The fraction of sp³-hybridized carbons (Fsp3) is 0.400. The van der Waals surface area contributed by atoms with E-state index in [0.29, 0.717) is 6.54 Å². The fourth-order valence-corrected chi connectivity index (χ4v) is 1.31. The highest BCUT2D eigenvalue weighted by molar-refractivity contribution is 5.19. The smallest absolute Gasteiger partial charge is 0.123 e. The van der Waals surface area contributed by atoms with E-state index < -0.39 is 6.50 Å². The van der Waals surface area contributed by atoms with Crippen LogP contribution in [-0.2, 0) is 4.74 Å². The molecule has 1 aromatic rings. The standard InChI is InChI=1S/C10H12FNO/c11-9-3-1-8(2-4-9)10-7-12-5-6-13-10/h1-4,10,12H,5-7H2/i5D2. The van der Waals surface area contributed by atoms with Crippen molar-refractivity contribution in [2.45, 2.75) is 6.10 Å². The molecule has 0 saturated carbocycles. The highest BCUT2D eigenvalue weighted by Crippen LogP contribution is 2.18. The third-order valence-corrected chi connectivity index (χ3v) is 2.01. The van der Waals surface area contributed by atoms with Crippen molar-refractivity contribution in [3.63, 3.8) is 0 Å². The van der Waals surface area contributed by atoms with Crippen LogP contribution in [0.2, 0.25) is 0 Å². The van der Waals surface area contributed by atoms with Crippen molar-refractivity contribution < 1.29 is 11.9 Å². The molecule has 0 aliphatic carbocycles. The predicted octanol–water partition coefficient (Wildman–Crippen LogP) is 1.49. The lowest BCUT2D eigenvalue weighted by Gasteiger charge is -2.23. The van der Waals surface area contributed by atoms with Crippen LogP contribution in [0.5, 0.6) is 0 Å². The van der Waals surface area contributed by atoms with Gasteiger partial charge in [0.15, 0.2) is 0 Å². The second kappa shape index (κ2) is 3.85. The first kappa shape index (κ1) is 6.51. The summed E-state index contributed by atoms with van der Waals surface area (Å²) >= 11 is 0. The highest BCUT2D eigenvalue weighted by Gasteiger charge is 2.14. The van der Waals surface area contributed by atoms with E-state index in [1.807, 2.05) is 0 Å². The SMILES string of the molecule is [2H]C1([2H])COC(c2ccc(F)cc2)CN1. The number of ether oxygens (including phenoxy) is 1. The van der Waals surface area contributed by atoms with Crippen molar-refractivity contribution in [1.29, 1.82) is 0 Å². The summed E-state index contributed by atoms with van der Waals surface area (Å²) in [6.45, 7) is -1.05. The summed E-state index contributed by atoms with van der Waals surface area (Å²) in [4.78, 5) is 0. The maximum absolute atomic E-state index is 12.7. The number of rotatable bonds is 1. The van der Waals surface area contributed by atoms with E-state index in [9.17, 15) is 4.39 Å². The maximum Gasteiger partial charge on any atom is 0.123 e. The molecule has 2 rings (SSSR count). The van der Waals surface area contributed by atoms with Crippen LogP contribution in [0.3, 0.4) is 0 Å². The average molecular weight is 183 g/mol. The van der Waals surface area contributed by atoms with Gasteiger partial charge in [-0.2, -0.15) is 0 Å². The molecule has 1 heterocycles. The summed E-state index contributed by atoms with van der Waals surface area (Å²) in [5.74, 6) is -0.280. The maximum atomic E-state index is 12.7. The molecule has 0 radical (unpaired) electrons. The molecule has 1 unspecified atom stereocenters. The third kappa shape index (κ3) is 2.05. The first-order valence-corrected chi connectivity index (χ1v) is 4.19. The van der Waals surface area contributed by atoms with Crippen LogP contribution in [0.25, 0.3) is 0 Å². The van der Waals surface area contributed by atoms with Crippen molar-refractivity contribution in [1.82, 2.24) is 5.32 Å². The Labute approximate surface area is 79.5 Å². The van der Waals surface area contributed by atoms with Crippen LogP contribution >= 0.6 is 0 Å². The second-order valence-electron chi connectivity index (χ2n) is 2.91. The summed E-state index contributed by atoms with van der Waals surface area (Å²) in [5, 5.41) is 2.74. The molecule has 70 valence electrons. The van der Waals surface area contributed by atoms with E-state index >= 15 is 0 Å². The molecule has 2 nitrogen and oxygen atoms in total. The Bertz CT molecular complexity index is 332. The molecule has 1 fully saturated rings. The Balaban J connectivity index is 2.04. The molecule has 13 heavy (non-hydrogen) atoms. The number of morpholine rings is 1. The summed E-state index contributed by atoms with van der Waals surface area (Å²) in [6, 6.07) is 6.06. The molecule has 1 aromatic carbocycles. The molecule has 1 N–H and O–H groups in total. The minimum Gasteiger partial charge on any atom is -0.371 e. The Kier molecular flexibility index (Phi) is 1.93. The number of halogens is 1. The average Bonchev–Trinajstić information content (AvgIpc) is 2.20. The summed E-state index contributed by atoms with van der Waals surface area (Å²) < 4.78 is 32.8. The van der Waals surface area contributed by atoms with Crippen molar-refractivity contribution in [2.24, 2.45) is 0 Å². The lowest BCUT2D eigenvalue weighted by atomic mass is 10.1. The van der Waals surface area contributed by atoms with E-state index in [1.54, 1.807) is 12.1 Å². The fourth-order valence-electron chi connectivity index (χ4n) is 1.31. The number of hydrogen-bond acceptors (Lipinski definition) is 2. The predicted molar refractivity (Wildman–Crippen MR) is 48.0 cm³/mol. The quantitative estimate of drug-likeness (QED) is 0.712. The van der Waals surface area contributed by atoms with Crippen molar-refractivity contribution in [3.05, 3.63) is 35.6 Å². The van der Waals surface area contributed by atoms with Gasteiger partial charge in [-0.05, 0) is 17.7 Å². The Morgan fingerprint density at radius 2 is 2.23 bits per heavy atom. The Morgan fingerprint density at radius 1 is 1.46 bits per heavy atom. The van der Waals surface area contributed by atoms with Gasteiger partial charge in [-0.25, -0.2) is 4.39 Å². The van der Waals surface area contributed by atoms with Crippen molar-refractivity contribution in [2.75, 3.05) is 19.6 Å². The van der Waals surface area contributed by atoms with Gasteiger partial charge < -0.3 is 10.1 Å². The van der Waals surface area contributed by atoms with Gasteiger partial charge in [-0.15, -0.1) is 0 Å². The Hall–Kier alpha value is -0.930. The van der Waals surface area contributed by atoms with Crippen molar-refractivity contribution >= 4 is 0 Å². The summed E-state index contributed by atoms with van der Waals surface area (Å²) in [6.07, 6.45) is -0.200.